The number of carbonyl (C=O) groups is 3. The summed E-state index contributed by atoms with van der Waals surface area (Å²) in [5.41, 5.74) is 3.23. The molecule has 10 heteroatoms. The van der Waals surface area contributed by atoms with Gasteiger partial charge in [-0.2, -0.15) is 0 Å². The number of halogens is 2. The summed E-state index contributed by atoms with van der Waals surface area (Å²) in [4.78, 5) is 43.7. The molecule has 4 N–H and O–H groups in total. The van der Waals surface area contributed by atoms with Crippen LogP contribution in [0.5, 0.6) is 0 Å². The average molecular weight is 644 g/mol. The van der Waals surface area contributed by atoms with Crippen LogP contribution in [-0.2, 0) is 9.59 Å². The van der Waals surface area contributed by atoms with Crippen LogP contribution in [0.2, 0.25) is 10.0 Å². The van der Waals surface area contributed by atoms with E-state index < -0.39 is 17.1 Å². The number of benzene rings is 4. The summed E-state index contributed by atoms with van der Waals surface area (Å²) in [7, 11) is 0. The number of H-pyrrole nitrogens is 1. The van der Waals surface area contributed by atoms with Crippen molar-refractivity contribution in [1.29, 1.82) is 0 Å². The molecule has 1 atom stereocenters. The van der Waals surface area contributed by atoms with E-state index in [1.54, 1.807) is 72.9 Å². The molecule has 0 saturated heterocycles. The summed E-state index contributed by atoms with van der Waals surface area (Å²) in [5, 5.41) is 9.83. The van der Waals surface area contributed by atoms with Crippen molar-refractivity contribution in [3.8, 4) is 0 Å². The molecular weight excluding hydrogens is 615 g/mol. The van der Waals surface area contributed by atoms with Gasteiger partial charge in [-0.05, 0) is 67.1 Å². The summed E-state index contributed by atoms with van der Waals surface area (Å²) >= 11 is 13.5. The third-order valence-electron chi connectivity index (χ3n) is 6.67. The van der Waals surface area contributed by atoms with Gasteiger partial charge in [-0.3, -0.25) is 14.4 Å². The van der Waals surface area contributed by atoms with E-state index in [9.17, 15) is 14.4 Å². The van der Waals surface area contributed by atoms with Crippen molar-refractivity contribution in [3.05, 3.63) is 130 Å². The molecule has 0 radical (unpaired) electrons. The first-order valence-electron chi connectivity index (χ1n) is 13.8. The average Bonchev–Trinajstić information content (AvgIpc) is 3.44. The van der Waals surface area contributed by atoms with Gasteiger partial charge in [-0.1, -0.05) is 72.6 Å². The summed E-state index contributed by atoms with van der Waals surface area (Å²) in [6.07, 6.45) is 4.00. The number of rotatable bonds is 10. The van der Waals surface area contributed by atoms with Gasteiger partial charge in [0, 0.05) is 44.5 Å². The van der Waals surface area contributed by atoms with E-state index in [0.29, 0.717) is 33.4 Å². The Hall–Kier alpha value is -4.50. The monoisotopic (exact) mass is 642 g/mol. The van der Waals surface area contributed by atoms with E-state index in [0.717, 1.165) is 21.4 Å². The zero-order valence-electron chi connectivity index (χ0n) is 23.6. The Bertz CT molecular complexity index is 1860. The number of thioether (sulfide) groups is 1. The predicted octanol–water partition coefficient (Wildman–Crippen LogP) is 8.39. The van der Waals surface area contributed by atoms with Gasteiger partial charge in [0.05, 0.1) is 15.3 Å². The van der Waals surface area contributed by atoms with Gasteiger partial charge in [0.2, 0.25) is 5.91 Å². The van der Waals surface area contributed by atoms with Crippen molar-refractivity contribution < 1.29 is 14.4 Å². The lowest BCUT2D eigenvalue weighted by molar-refractivity contribution is -0.116. The maximum absolute atomic E-state index is 13.6. The van der Waals surface area contributed by atoms with E-state index >= 15 is 0 Å². The van der Waals surface area contributed by atoms with Crippen LogP contribution in [-0.4, -0.2) is 28.0 Å². The van der Waals surface area contributed by atoms with Crippen molar-refractivity contribution in [1.82, 2.24) is 10.3 Å². The van der Waals surface area contributed by atoms with Crippen LogP contribution in [0.3, 0.4) is 0 Å². The van der Waals surface area contributed by atoms with Crippen LogP contribution in [0.1, 0.15) is 29.3 Å². The standard InChI is InChI=1S/C34H28Cl2N4O3S/c1-2-31(34(43)39-24-15-16-27(35)28(36)19-24)44-25-12-8-11-23(18-25)38-33(42)30(40-32(41)21-9-4-3-5-10-21)17-22-20-37-29-14-7-6-13-26(22)29/h3-20,31,37H,2H2,1H3,(H,38,42)(H,39,43)(H,40,41)/b30-17-. The zero-order chi connectivity index (χ0) is 31.1. The van der Waals surface area contributed by atoms with E-state index in [2.05, 4.69) is 20.9 Å². The van der Waals surface area contributed by atoms with Gasteiger partial charge >= 0.3 is 0 Å². The second kappa shape index (κ2) is 14.3. The fraction of sp³-hybridized carbons (Fsp3) is 0.0882. The van der Waals surface area contributed by atoms with Crippen LogP contribution < -0.4 is 16.0 Å². The lowest BCUT2D eigenvalue weighted by Crippen LogP contribution is -2.30. The molecule has 44 heavy (non-hydrogen) atoms. The summed E-state index contributed by atoms with van der Waals surface area (Å²) in [6.45, 7) is 1.93. The van der Waals surface area contributed by atoms with Crippen molar-refractivity contribution in [2.75, 3.05) is 10.6 Å². The molecule has 0 spiro atoms. The smallest absolute Gasteiger partial charge is 0.272 e. The molecule has 1 heterocycles. The molecule has 0 fully saturated rings. The van der Waals surface area contributed by atoms with E-state index in [-0.39, 0.29) is 11.6 Å². The first kappa shape index (κ1) is 30.9. The summed E-state index contributed by atoms with van der Waals surface area (Å²) < 4.78 is 0. The molecule has 0 saturated carbocycles. The molecule has 5 rings (SSSR count). The zero-order valence-corrected chi connectivity index (χ0v) is 25.9. The van der Waals surface area contributed by atoms with Crippen LogP contribution >= 0.6 is 35.0 Å². The lowest BCUT2D eigenvalue weighted by Gasteiger charge is -2.16. The lowest BCUT2D eigenvalue weighted by atomic mass is 10.1. The number of carbonyl (C=O) groups excluding carboxylic acids is 3. The molecule has 3 amide bonds. The largest absolute Gasteiger partial charge is 0.361 e. The van der Waals surface area contributed by atoms with E-state index in [1.807, 2.05) is 43.3 Å². The van der Waals surface area contributed by atoms with Gasteiger partial charge in [0.25, 0.3) is 11.8 Å². The van der Waals surface area contributed by atoms with Gasteiger partial charge in [-0.15, -0.1) is 11.8 Å². The number of nitrogens with one attached hydrogen (secondary N) is 4. The molecule has 0 aliphatic rings. The third-order valence-corrected chi connectivity index (χ3v) is 8.77. The maximum Gasteiger partial charge on any atom is 0.272 e. The SMILES string of the molecule is CCC(Sc1cccc(NC(=O)/C(=C/c2c[nH]c3ccccc23)NC(=O)c2ccccc2)c1)C(=O)Nc1ccc(Cl)c(Cl)c1. The highest BCUT2D eigenvalue weighted by Crippen LogP contribution is 2.30. The highest BCUT2D eigenvalue weighted by Gasteiger charge is 2.20. The summed E-state index contributed by atoms with van der Waals surface area (Å²) in [6, 6.07) is 28.5. The highest BCUT2D eigenvalue weighted by molar-refractivity contribution is 8.00. The third kappa shape index (κ3) is 7.71. The Kier molecular flexibility index (Phi) is 10.1. The van der Waals surface area contributed by atoms with Crippen molar-refractivity contribution in [2.24, 2.45) is 0 Å². The number of para-hydroxylation sites is 1. The molecule has 5 aromatic rings. The molecule has 1 aromatic heterocycles. The Balaban J connectivity index is 1.34. The second-order valence-corrected chi connectivity index (χ2v) is 11.9. The Morgan fingerprint density at radius 3 is 2.36 bits per heavy atom. The minimum atomic E-state index is -0.494. The fourth-order valence-corrected chi connectivity index (χ4v) is 5.75. The number of fused-ring (bicyclic) bond motifs is 1. The quantitative estimate of drug-likeness (QED) is 0.0907. The number of amides is 3. The topological polar surface area (TPSA) is 103 Å². The molecule has 4 aromatic carbocycles. The predicted molar refractivity (Wildman–Crippen MR) is 180 cm³/mol. The van der Waals surface area contributed by atoms with Gasteiger partial charge in [0.15, 0.2) is 0 Å². The maximum atomic E-state index is 13.6. The van der Waals surface area contributed by atoms with E-state index in [4.69, 9.17) is 23.2 Å². The normalized spacial score (nSPS) is 12.0. The molecule has 222 valence electrons. The Morgan fingerprint density at radius 2 is 1.59 bits per heavy atom. The number of anilines is 2. The van der Waals surface area contributed by atoms with Crippen molar-refractivity contribution >= 4 is 81.0 Å². The van der Waals surface area contributed by atoms with Crippen LogP contribution in [0.15, 0.2) is 114 Å². The highest BCUT2D eigenvalue weighted by atomic mass is 35.5. The van der Waals surface area contributed by atoms with E-state index in [1.165, 1.54) is 11.8 Å². The Morgan fingerprint density at radius 1 is 0.841 bits per heavy atom. The van der Waals surface area contributed by atoms with Gasteiger partial charge < -0.3 is 20.9 Å². The summed E-state index contributed by atoms with van der Waals surface area (Å²) in [5.74, 6) is -1.08. The van der Waals surface area contributed by atoms with Crippen LogP contribution in [0, 0.1) is 0 Å². The minimum Gasteiger partial charge on any atom is -0.361 e. The Labute approximate surface area is 269 Å². The number of aromatic nitrogens is 1. The molecule has 7 nitrogen and oxygen atoms in total. The van der Waals surface area contributed by atoms with Gasteiger partial charge in [0.1, 0.15) is 5.70 Å². The van der Waals surface area contributed by atoms with Gasteiger partial charge in [-0.25, -0.2) is 0 Å². The second-order valence-electron chi connectivity index (χ2n) is 9.78. The molecule has 0 bridgehead atoms. The first-order chi connectivity index (χ1) is 21.3. The van der Waals surface area contributed by atoms with Crippen LogP contribution in [0.25, 0.3) is 17.0 Å². The molecule has 1 unspecified atom stereocenters. The first-order valence-corrected chi connectivity index (χ1v) is 15.4. The minimum absolute atomic E-state index is 0.0779. The fourth-order valence-electron chi connectivity index (χ4n) is 4.44. The number of hydrogen-bond donors (Lipinski definition) is 4. The molecular formula is C34H28Cl2N4O3S. The molecule has 0 aliphatic heterocycles. The number of hydrogen-bond acceptors (Lipinski definition) is 4. The van der Waals surface area contributed by atoms with Crippen LogP contribution in [0.4, 0.5) is 11.4 Å². The van der Waals surface area contributed by atoms with Crippen molar-refractivity contribution in [3.63, 3.8) is 0 Å². The molecule has 0 aliphatic carbocycles. The number of aromatic amines is 1. The van der Waals surface area contributed by atoms with Crippen molar-refractivity contribution in [2.45, 2.75) is 23.5 Å².